The molecule has 0 aliphatic carbocycles. The van der Waals surface area contributed by atoms with Crippen LogP contribution in [0.4, 0.5) is 0 Å². The fraction of sp³-hybridized carbons (Fsp3) is 0.240. The zero-order chi connectivity index (χ0) is 42.2. The summed E-state index contributed by atoms with van der Waals surface area (Å²) in [7, 11) is 0. The van der Waals surface area contributed by atoms with Crippen molar-refractivity contribution in [2.45, 2.75) is 78.6 Å². The van der Waals surface area contributed by atoms with Crippen molar-refractivity contribution in [2.75, 3.05) is 0 Å². The second-order valence-electron chi connectivity index (χ2n) is 18.0. The summed E-state index contributed by atoms with van der Waals surface area (Å²) in [6.45, 7) is 19.1. The maximum Gasteiger partial charge on any atom is 0.164 e. The number of aromatic nitrogens is 10. The molecule has 0 atom stereocenters. The molecule has 4 aromatic carbocycles. The van der Waals surface area contributed by atoms with E-state index in [4.69, 9.17) is 44.9 Å². The minimum atomic E-state index is -0.330. The van der Waals surface area contributed by atoms with E-state index in [0.29, 0.717) is 40.8 Å². The second-order valence-corrected chi connectivity index (χ2v) is 18.0. The Morgan fingerprint density at radius 1 is 0.267 bits per heavy atom. The summed E-state index contributed by atoms with van der Waals surface area (Å²) in [6, 6.07) is 38.3. The molecule has 0 radical (unpaired) electrons. The van der Waals surface area contributed by atoms with Crippen LogP contribution in [0.15, 0.2) is 128 Å². The Labute approximate surface area is 351 Å². The molecular weight excluding hydrogens is 741 g/mol. The van der Waals surface area contributed by atoms with Gasteiger partial charge in [-0.1, -0.05) is 147 Å². The summed E-state index contributed by atoms with van der Waals surface area (Å²) >= 11 is 0. The van der Waals surface area contributed by atoms with E-state index in [-0.39, 0.29) is 16.2 Å². The molecule has 4 aromatic heterocycles. The molecule has 0 bridgehead atoms. The van der Waals surface area contributed by atoms with Gasteiger partial charge in [0.1, 0.15) is 17.5 Å². The lowest BCUT2D eigenvalue weighted by Gasteiger charge is -2.22. The monoisotopic (exact) mass is 788 g/mol. The molecule has 60 heavy (non-hydrogen) atoms. The molecule has 298 valence electrons. The summed E-state index contributed by atoms with van der Waals surface area (Å²) in [6.07, 6.45) is 3.58. The van der Waals surface area contributed by atoms with E-state index in [9.17, 15) is 0 Å². The third-order valence-corrected chi connectivity index (χ3v) is 9.85. The van der Waals surface area contributed by atoms with Crippen LogP contribution in [-0.2, 0) is 16.2 Å². The van der Waals surface area contributed by atoms with Crippen LogP contribution in [0.5, 0.6) is 0 Å². The van der Waals surface area contributed by atoms with E-state index in [1.165, 1.54) is 0 Å². The van der Waals surface area contributed by atoms with Crippen LogP contribution in [0.25, 0.3) is 79.5 Å². The van der Waals surface area contributed by atoms with Crippen molar-refractivity contribution >= 4 is 0 Å². The van der Waals surface area contributed by atoms with E-state index in [1.54, 1.807) is 12.4 Å². The third kappa shape index (κ3) is 8.73. The highest BCUT2D eigenvalue weighted by Gasteiger charge is 2.26. The number of benzene rings is 4. The highest BCUT2D eigenvalue weighted by atomic mass is 15.1. The molecular formula is C50H48N10. The maximum atomic E-state index is 5.16. The molecule has 0 unspecified atom stereocenters. The van der Waals surface area contributed by atoms with Crippen molar-refractivity contribution in [2.24, 2.45) is 0 Å². The van der Waals surface area contributed by atoms with Crippen molar-refractivity contribution < 1.29 is 0 Å². The Kier molecular flexibility index (Phi) is 10.4. The Morgan fingerprint density at radius 2 is 0.567 bits per heavy atom. The van der Waals surface area contributed by atoms with Gasteiger partial charge in [-0.2, -0.15) is 0 Å². The predicted molar refractivity (Wildman–Crippen MR) is 239 cm³/mol. The first-order valence-electron chi connectivity index (χ1n) is 20.2. The molecule has 0 fully saturated rings. The summed E-state index contributed by atoms with van der Waals surface area (Å²) in [5, 5.41) is 0. The molecule has 4 heterocycles. The zero-order valence-corrected chi connectivity index (χ0v) is 35.6. The lowest BCUT2D eigenvalue weighted by Crippen LogP contribution is -2.24. The Morgan fingerprint density at radius 3 is 0.967 bits per heavy atom. The highest BCUT2D eigenvalue weighted by Crippen LogP contribution is 2.34. The number of nitrogens with zero attached hydrogens (tertiary/aromatic N) is 10. The summed E-state index contributed by atoms with van der Waals surface area (Å²) in [5.41, 5.74) is 6.19. The van der Waals surface area contributed by atoms with Gasteiger partial charge < -0.3 is 0 Å². The van der Waals surface area contributed by atoms with Gasteiger partial charge in [0.2, 0.25) is 0 Å². The van der Waals surface area contributed by atoms with Gasteiger partial charge >= 0.3 is 0 Å². The van der Waals surface area contributed by atoms with E-state index < -0.39 is 0 Å². The largest absolute Gasteiger partial charge is 0.265 e. The first kappa shape index (κ1) is 39.9. The van der Waals surface area contributed by atoms with Crippen LogP contribution < -0.4 is 0 Å². The SMILES string of the molecule is CC(C)(C)c1nc(-c2ccccc2)nc(-c2cc(-c3ccncc3)cc(-c3nc(-c4ccccc4)nc(-c4ccc(-c5nc(C(C)(C)C)nc(C(C)(C)C)n5)cc4)n3)c2)n1. The lowest BCUT2D eigenvalue weighted by atomic mass is 9.93. The van der Waals surface area contributed by atoms with Gasteiger partial charge in [-0.05, 0) is 41.5 Å². The molecule has 0 saturated carbocycles. The number of rotatable bonds is 7. The molecule has 10 heteroatoms. The average molecular weight is 789 g/mol. The Bertz CT molecular complexity index is 2750. The topological polar surface area (TPSA) is 129 Å². The fourth-order valence-corrected chi connectivity index (χ4v) is 6.45. The molecule has 0 amide bonds. The van der Waals surface area contributed by atoms with Crippen molar-refractivity contribution in [3.8, 4) is 79.5 Å². The normalized spacial score (nSPS) is 12.1. The molecule has 0 aliphatic heterocycles. The highest BCUT2D eigenvalue weighted by molar-refractivity contribution is 5.79. The quantitative estimate of drug-likeness (QED) is 0.154. The molecule has 8 aromatic rings. The number of pyridine rings is 1. The zero-order valence-electron chi connectivity index (χ0n) is 35.6. The van der Waals surface area contributed by atoms with Gasteiger partial charge in [0.25, 0.3) is 0 Å². The van der Waals surface area contributed by atoms with Crippen molar-refractivity contribution in [3.63, 3.8) is 0 Å². The van der Waals surface area contributed by atoms with E-state index >= 15 is 0 Å². The molecule has 8 rings (SSSR count). The van der Waals surface area contributed by atoms with Gasteiger partial charge in [-0.15, -0.1) is 0 Å². The van der Waals surface area contributed by atoms with Gasteiger partial charge in [0.15, 0.2) is 34.9 Å². The van der Waals surface area contributed by atoms with Crippen LogP contribution in [0.1, 0.15) is 79.8 Å². The number of hydrogen-bond donors (Lipinski definition) is 0. The molecule has 0 saturated heterocycles. The van der Waals surface area contributed by atoms with E-state index in [2.05, 4.69) is 85.5 Å². The molecule has 0 aliphatic rings. The number of hydrogen-bond acceptors (Lipinski definition) is 10. The van der Waals surface area contributed by atoms with Gasteiger partial charge in [-0.25, -0.2) is 44.9 Å². The van der Waals surface area contributed by atoms with E-state index in [0.717, 1.165) is 56.2 Å². The van der Waals surface area contributed by atoms with Crippen LogP contribution in [-0.4, -0.2) is 49.8 Å². The van der Waals surface area contributed by atoms with Crippen LogP contribution in [0, 0.1) is 0 Å². The first-order valence-corrected chi connectivity index (χ1v) is 20.2. The molecule has 0 spiro atoms. The maximum absolute atomic E-state index is 5.16. The fourth-order valence-electron chi connectivity index (χ4n) is 6.45. The Balaban J connectivity index is 1.29. The van der Waals surface area contributed by atoms with Crippen LogP contribution in [0.2, 0.25) is 0 Å². The molecule has 10 nitrogen and oxygen atoms in total. The lowest BCUT2D eigenvalue weighted by molar-refractivity contribution is 0.497. The van der Waals surface area contributed by atoms with Crippen LogP contribution in [0.3, 0.4) is 0 Å². The average Bonchev–Trinajstić information content (AvgIpc) is 3.26. The van der Waals surface area contributed by atoms with Crippen LogP contribution >= 0.6 is 0 Å². The predicted octanol–water partition coefficient (Wildman–Crippen LogP) is 11.2. The minimum absolute atomic E-state index is 0.246. The van der Waals surface area contributed by atoms with Gasteiger partial charge in [-0.3, -0.25) is 4.98 Å². The van der Waals surface area contributed by atoms with Gasteiger partial charge in [0, 0.05) is 62.0 Å². The summed E-state index contributed by atoms with van der Waals surface area (Å²) < 4.78 is 0. The van der Waals surface area contributed by atoms with E-state index in [1.807, 2.05) is 97.1 Å². The smallest absolute Gasteiger partial charge is 0.164 e. The minimum Gasteiger partial charge on any atom is -0.265 e. The summed E-state index contributed by atoms with van der Waals surface area (Å²) in [5.74, 6) is 5.61. The summed E-state index contributed by atoms with van der Waals surface area (Å²) in [4.78, 5) is 49.4. The standard InChI is InChI=1S/C50H48N10/c1-48(2,3)45-56-41(33-18-14-11-15-19-33)55-44(59-45)38-29-36(31-24-26-51-27-25-31)28-37(30-38)43-53-39(32-16-12-10-13-17-32)52-40(54-43)34-20-22-35(23-21-34)42-57-46(49(4,5)6)60-47(58-42)50(7,8)9/h10-30H,1-9H3. The van der Waals surface area contributed by atoms with Crippen molar-refractivity contribution in [1.29, 1.82) is 0 Å². The Hall–Kier alpha value is -6.94. The van der Waals surface area contributed by atoms with Crippen molar-refractivity contribution in [1.82, 2.24) is 49.8 Å². The molecule has 0 N–H and O–H groups in total. The van der Waals surface area contributed by atoms with Crippen molar-refractivity contribution in [3.05, 3.63) is 145 Å². The third-order valence-electron chi connectivity index (χ3n) is 9.85. The first-order chi connectivity index (χ1) is 28.6. The van der Waals surface area contributed by atoms with Gasteiger partial charge in [0.05, 0.1) is 0 Å². The second kappa shape index (κ2) is 15.7.